The molecule has 0 spiro atoms. The summed E-state index contributed by atoms with van der Waals surface area (Å²) < 4.78 is 5.21. The van der Waals surface area contributed by atoms with Crippen molar-refractivity contribution in [2.45, 2.75) is 64.5 Å². The summed E-state index contributed by atoms with van der Waals surface area (Å²) in [6.07, 6.45) is 4.59. The summed E-state index contributed by atoms with van der Waals surface area (Å²) in [6.45, 7) is 7.33. The lowest BCUT2D eigenvalue weighted by atomic mass is 9.79. The molecule has 0 atom stereocenters. The van der Waals surface area contributed by atoms with Gasteiger partial charge in [-0.05, 0) is 52.9 Å². The number of hydrogen-bond donors (Lipinski definition) is 1. The Kier molecular flexibility index (Phi) is 4.55. The minimum absolute atomic E-state index is 0.0867. The van der Waals surface area contributed by atoms with E-state index < -0.39 is 5.60 Å². The predicted molar refractivity (Wildman–Crippen MR) is 76.3 cm³/mol. The number of piperidine rings is 1. The first-order valence-electron chi connectivity index (χ1n) is 7.63. The van der Waals surface area contributed by atoms with Gasteiger partial charge in [-0.15, -0.1) is 0 Å². The van der Waals surface area contributed by atoms with Gasteiger partial charge in [-0.3, -0.25) is 4.79 Å². The van der Waals surface area contributed by atoms with Gasteiger partial charge in [0.15, 0.2) is 0 Å². The van der Waals surface area contributed by atoms with Gasteiger partial charge in [-0.1, -0.05) is 0 Å². The monoisotopic (exact) mass is 282 g/mol. The molecule has 20 heavy (non-hydrogen) atoms. The average molecular weight is 282 g/mol. The van der Waals surface area contributed by atoms with Crippen LogP contribution in [0.1, 0.15) is 52.9 Å². The van der Waals surface area contributed by atoms with Crippen LogP contribution < -0.4 is 5.32 Å². The molecule has 5 nitrogen and oxygen atoms in total. The van der Waals surface area contributed by atoms with Crippen LogP contribution >= 0.6 is 0 Å². The molecule has 2 amide bonds. The maximum absolute atomic E-state index is 12.2. The topological polar surface area (TPSA) is 58.6 Å². The fourth-order valence-electron chi connectivity index (χ4n) is 2.78. The quantitative estimate of drug-likeness (QED) is 0.845. The molecule has 0 aromatic heterocycles. The van der Waals surface area contributed by atoms with Crippen LogP contribution in [0, 0.1) is 5.92 Å². The fraction of sp³-hybridized carbons (Fsp3) is 0.867. The number of nitrogens with zero attached hydrogens (tertiary/aromatic N) is 1. The molecule has 0 bridgehead atoms. The van der Waals surface area contributed by atoms with E-state index in [0.29, 0.717) is 0 Å². The molecule has 2 fully saturated rings. The SMILES string of the molecule is CC(C)(C)OC(=O)N[C@H]1C[C@H](C(=O)N2CCCCC2)C1. The van der Waals surface area contributed by atoms with Crippen molar-refractivity contribution < 1.29 is 14.3 Å². The summed E-state index contributed by atoms with van der Waals surface area (Å²) in [5.41, 5.74) is -0.475. The molecule has 1 heterocycles. The number of amides is 2. The third-order valence-corrected chi connectivity index (χ3v) is 3.88. The molecule has 0 aromatic rings. The van der Waals surface area contributed by atoms with Gasteiger partial charge in [0.1, 0.15) is 5.60 Å². The van der Waals surface area contributed by atoms with Crippen LogP contribution in [0.15, 0.2) is 0 Å². The van der Waals surface area contributed by atoms with E-state index in [1.807, 2.05) is 25.7 Å². The van der Waals surface area contributed by atoms with Gasteiger partial charge in [0.25, 0.3) is 0 Å². The molecular weight excluding hydrogens is 256 g/mol. The van der Waals surface area contributed by atoms with Crippen LogP contribution in [-0.2, 0) is 9.53 Å². The van der Waals surface area contributed by atoms with Gasteiger partial charge in [0, 0.05) is 25.0 Å². The Morgan fingerprint density at radius 2 is 1.70 bits per heavy atom. The highest BCUT2D eigenvalue weighted by Gasteiger charge is 2.38. The molecule has 5 heteroatoms. The second-order valence-corrected chi connectivity index (χ2v) is 6.90. The number of ether oxygens (including phenoxy) is 1. The predicted octanol–water partition coefficient (Wildman–Crippen LogP) is 2.30. The molecule has 1 aliphatic heterocycles. The van der Waals surface area contributed by atoms with Gasteiger partial charge in [-0.2, -0.15) is 0 Å². The summed E-state index contributed by atoms with van der Waals surface area (Å²) >= 11 is 0. The van der Waals surface area contributed by atoms with Crippen LogP contribution in [0.4, 0.5) is 4.79 Å². The van der Waals surface area contributed by atoms with Crippen molar-refractivity contribution in [1.82, 2.24) is 10.2 Å². The summed E-state index contributed by atoms with van der Waals surface area (Å²) in [4.78, 5) is 25.8. The second kappa shape index (κ2) is 6.02. The van der Waals surface area contributed by atoms with Crippen molar-refractivity contribution in [3.05, 3.63) is 0 Å². The molecule has 0 radical (unpaired) electrons. The molecule has 2 aliphatic rings. The van der Waals surface area contributed by atoms with Crippen LogP contribution in [-0.4, -0.2) is 41.6 Å². The molecule has 0 unspecified atom stereocenters. The molecule has 114 valence electrons. The van der Waals surface area contributed by atoms with Crippen LogP contribution in [0.2, 0.25) is 0 Å². The van der Waals surface area contributed by atoms with Gasteiger partial charge >= 0.3 is 6.09 Å². The molecule has 0 aromatic carbocycles. The number of carbonyl (C=O) groups excluding carboxylic acids is 2. The molecular formula is C15H26N2O3. The van der Waals surface area contributed by atoms with Crippen molar-refractivity contribution in [3.63, 3.8) is 0 Å². The Balaban J connectivity index is 1.69. The number of carbonyl (C=O) groups is 2. The summed E-state index contributed by atoms with van der Waals surface area (Å²) in [7, 11) is 0. The van der Waals surface area contributed by atoms with E-state index >= 15 is 0 Å². The minimum Gasteiger partial charge on any atom is -0.444 e. The normalized spacial score (nSPS) is 26.6. The third-order valence-electron chi connectivity index (χ3n) is 3.88. The molecule has 2 rings (SSSR count). The van der Waals surface area contributed by atoms with E-state index in [1.165, 1.54) is 6.42 Å². The number of nitrogens with one attached hydrogen (secondary N) is 1. The standard InChI is InChI=1S/C15H26N2O3/c1-15(2,3)20-14(19)16-12-9-11(10-12)13(18)17-7-5-4-6-8-17/h11-12H,4-10H2,1-3H3,(H,16,19)/t11-,12-. The largest absolute Gasteiger partial charge is 0.444 e. The van der Waals surface area contributed by atoms with Crippen molar-refractivity contribution in [2.24, 2.45) is 5.92 Å². The first kappa shape index (κ1) is 15.1. The van der Waals surface area contributed by atoms with Crippen LogP contribution in [0.25, 0.3) is 0 Å². The summed E-state index contributed by atoms with van der Waals surface area (Å²) in [6, 6.07) is 0.0867. The lowest BCUT2D eigenvalue weighted by Gasteiger charge is -2.39. The zero-order valence-electron chi connectivity index (χ0n) is 12.8. The van der Waals surface area contributed by atoms with Gasteiger partial charge < -0.3 is 15.0 Å². The van der Waals surface area contributed by atoms with Crippen molar-refractivity contribution >= 4 is 12.0 Å². The molecule has 1 aliphatic carbocycles. The maximum atomic E-state index is 12.2. The molecule has 1 saturated heterocycles. The van der Waals surface area contributed by atoms with E-state index in [4.69, 9.17) is 4.74 Å². The van der Waals surface area contributed by atoms with Gasteiger partial charge in [0.05, 0.1) is 0 Å². The summed E-state index contributed by atoms with van der Waals surface area (Å²) in [5.74, 6) is 0.361. The zero-order valence-corrected chi connectivity index (χ0v) is 12.8. The minimum atomic E-state index is -0.475. The molecule has 1 saturated carbocycles. The van der Waals surface area contributed by atoms with E-state index in [0.717, 1.165) is 38.8 Å². The Bertz CT molecular complexity index is 364. The highest BCUT2D eigenvalue weighted by Crippen LogP contribution is 2.30. The van der Waals surface area contributed by atoms with E-state index in [9.17, 15) is 9.59 Å². The zero-order chi connectivity index (χ0) is 14.8. The van der Waals surface area contributed by atoms with Gasteiger partial charge in [0.2, 0.25) is 5.91 Å². The number of likely N-dealkylation sites (tertiary alicyclic amines) is 1. The fourth-order valence-corrected chi connectivity index (χ4v) is 2.78. The number of hydrogen-bond acceptors (Lipinski definition) is 3. The average Bonchev–Trinajstić information content (AvgIpc) is 2.31. The van der Waals surface area contributed by atoms with E-state index in [-0.39, 0.29) is 24.0 Å². The van der Waals surface area contributed by atoms with E-state index in [1.54, 1.807) is 0 Å². The Morgan fingerprint density at radius 3 is 2.25 bits per heavy atom. The highest BCUT2D eigenvalue weighted by atomic mass is 16.6. The number of rotatable bonds is 2. The summed E-state index contributed by atoms with van der Waals surface area (Å²) in [5, 5.41) is 2.83. The second-order valence-electron chi connectivity index (χ2n) is 6.90. The first-order chi connectivity index (χ1) is 9.35. The van der Waals surface area contributed by atoms with Gasteiger partial charge in [-0.25, -0.2) is 4.79 Å². The maximum Gasteiger partial charge on any atom is 0.407 e. The van der Waals surface area contributed by atoms with E-state index in [2.05, 4.69) is 5.32 Å². The highest BCUT2D eigenvalue weighted by molar-refractivity contribution is 5.80. The van der Waals surface area contributed by atoms with Crippen LogP contribution in [0.3, 0.4) is 0 Å². The lowest BCUT2D eigenvalue weighted by Crippen LogP contribution is -2.51. The smallest absolute Gasteiger partial charge is 0.407 e. The number of alkyl carbamates (subject to hydrolysis) is 1. The van der Waals surface area contributed by atoms with Crippen molar-refractivity contribution in [3.8, 4) is 0 Å². The molecule has 1 N–H and O–H groups in total. The lowest BCUT2D eigenvalue weighted by molar-refractivity contribution is -0.140. The van der Waals surface area contributed by atoms with Crippen LogP contribution in [0.5, 0.6) is 0 Å². The van der Waals surface area contributed by atoms with Crippen molar-refractivity contribution in [1.29, 1.82) is 0 Å². The third kappa shape index (κ3) is 4.12. The first-order valence-corrected chi connectivity index (χ1v) is 7.63. The Hall–Kier alpha value is -1.26. The van der Waals surface area contributed by atoms with Crippen molar-refractivity contribution in [2.75, 3.05) is 13.1 Å². The Morgan fingerprint density at radius 1 is 1.10 bits per heavy atom. The Labute approximate surface area is 121 Å².